The second-order valence-corrected chi connectivity index (χ2v) is 3.26. The smallest absolute Gasteiger partial charge is 0.131 e. The van der Waals surface area contributed by atoms with Crippen molar-refractivity contribution < 1.29 is 4.39 Å². The molecule has 3 heteroatoms. The first-order valence-electron chi connectivity index (χ1n) is 3.82. The third kappa shape index (κ3) is 1.33. The number of hydrogen-bond donors (Lipinski definition) is 1. The SMILES string of the molecule is Nc1ccc(F)c2ccc(Cl)cc12. The van der Waals surface area contributed by atoms with Gasteiger partial charge in [-0.1, -0.05) is 11.6 Å². The molecule has 2 N–H and O–H groups in total. The largest absolute Gasteiger partial charge is 0.398 e. The summed E-state index contributed by atoms with van der Waals surface area (Å²) < 4.78 is 13.2. The average Bonchev–Trinajstić information content (AvgIpc) is 2.12. The van der Waals surface area contributed by atoms with Gasteiger partial charge in [-0.3, -0.25) is 0 Å². The molecule has 0 spiro atoms. The summed E-state index contributed by atoms with van der Waals surface area (Å²) in [6.07, 6.45) is 0. The summed E-state index contributed by atoms with van der Waals surface area (Å²) in [6.45, 7) is 0. The van der Waals surface area contributed by atoms with Crippen LogP contribution in [0.1, 0.15) is 0 Å². The highest BCUT2D eigenvalue weighted by molar-refractivity contribution is 6.31. The Labute approximate surface area is 79.9 Å². The lowest BCUT2D eigenvalue weighted by molar-refractivity contribution is 0.640. The van der Waals surface area contributed by atoms with Crippen LogP contribution < -0.4 is 5.73 Å². The molecule has 0 fully saturated rings. The summed E-state index contributed by atoms with van der Waals surface area (Å²) in [5.74, 6) is -0.277. The summed E-state index contributed by atoms with van der Waals surface area (Å²) in [5.41, 5.74) is 6.21. The second kappa shape index (κ2) is 2.89. The second-order valence-electron chi connectivity index (χ2n) is 2.83. The van der Waals surface area contributed by atoms with Crippen molar-refractivity contribution in [2.75, 3.05) is 5.73 Å². The highest BCUT2D eigenvalue weighted by Crippen LogP contribution is 2.26. The van der Waals surface area contributed by atoms with Gasteiger partial charge in [0.1, 0.15) is 5.82 Å². The van der Waals surface area contributed by atoms with Crippen molar-refractivity contribution in [1.82, 2.24) is 0 Å². The Kier molecular flexibility index (Phi) is 1.85. The van der Waals surface area contributed by atoms with Crippen molar-refractivity contribution >= 4 is 28.1 Å². The molecule has 0 aliphatic heterocycles. The molecule has 0 heterocycles. The number of halogens is 2. The van der Waals surface area contributed by atoms with Crippen LogP contribution in [0.25, 0.3) is 10.8 Å². The third-order valence-corrected chi connectivity index (χ3v) is 2.19. The van der Waals surface area contributed by atoms with E-state index in [2.05, 4.69) is 0 Å². The summed E-state index contributed by atoms with van der Waals surface area (Å²) in [5, 5.41) is 1.72. The highest BCUT2D eigenvalue weighted by atomic mass is 35.5. The van der Waals surface area contributed by atoms with Crippen LogP contribution in [0.5, 0.6) is 0 Å². The van der Waals surface area contributed by atoms with Crippen molar-refractivity contribution in [3.63, 3.8) is 0 Å². The van der Waals surface area contributed by atoms with Gasteiger partial charge in [0.25, 0.3) is 0 Å². The van der Waals surface area contributed by atoms with Crippen LogP contribution in [0.4, 0.5) is 10.1 Å². The van der Waals surface area contributed by atoms with E-state index >= 15 is 0 Å². The fraction of sp³-hybridized carbons (Fsp3) is 0. The van der Waals surface area contributed by atoms with Crippen molar-refractivity contribution in [1.29, 1.82) is 0 Å². The predicted octanol–water partition coefficient (Wildman–Crippen LogP) is 3.21. The van der Waals surface area contributed by atoms with E-state index in [1.165, 1.54) is 12.1 Å². The molecule has 0 radical (unpaired) electrons. The van der Waals surface area contributed by atoms with Crippen LogP contribution in [0.2, 0.25) is 5.02 Å². The number of benzene rings is 2. The minimum absolute atomic E-state index is 0.277. The third-order valence-electron chi connectivity index (χ3n) is 1.96. The zero-order chi connectivity index (χ0) is 9.42. The van der Waals surface area contributed by atoms with Crippen molar-refractivity contribution in [2.45, 2.75) is 0 Å². The van der Waals surface area contributed by atoms with Gasteiger partial charge in [-0.15, -0.1) is 0 Å². The number of nitrogens with two attached hydrogens (primary N) is 1. The van der Waals surface area contributed by atoms with E-state index < -0.39 is 0 Å². The summed E-state index contributed by atoms with van der Waals surface area (Å²) >= 11 is 5.76. The van der Waals surface area contributed by atoms with E-state index in [0.717, 1.165) is 0 Å². The monoisotopic (exact) mass is 195 g/mol. The quantitative estimate of drug-likeness (QED) is 0.642. The van der Waals surface area contributed by atoms with Crippen molar-refractivity contribution in [2.24, 2.45) is 0 Å². The topological polar surface area (TPSA) is 26.0 Å². The Bertz CT molecular complexity index is 468. The minimum atomic E-state index is -0.277. The standard InChI is InChI=1S/C10H7ClFN/c11-6-1-2-7-8(5-6)10(13)4-3-9(7)12/h1-5H,13H2. The zero-order valence-electron chi connectivity index (χ0n) is 6.72. The number of hydrogen-bond acceptors (Lipinski definition) is 1. The molecule has 0 amide bonds. The van der Waals surface area contributed by atoms with Gasteiger partial charge in [0.15, 0.2) is 0 Å². The molecule has 2 aromatic carbocycles. The van der Waals surface area contributed by atoms with Crippen LogP contribution in [-0.4, -0.2) is 0 Å². The van der Waals surface area contributed by atoms with Crippen LogP contribution in [0.15, 0.2) is 30.3 Å². The molecule has 2 aromatic rings. The van der Waals surface area contributed by atoms with Crippen LogP contribution in [0, 0.1) is 5.82 Å². The first-order chi connectivity index (χ1) is 6.18. The average molecular weight is 196 g/mol. The maximum Gasteiger partial charge on any atom is 0.131 e. The molecule has 13 heavy (non-hydrogen) atoms. The number of anilines is 1. The lowest BCUT2D eigenvalue weighted by Crippen LogP contribution is -1.88. The highest BCUT2D eigenvalue weighted by Gasteiger charge is 2.03. The molecule has 0 saturated carbocycles. The zero-order valence-corrected chi connectivity index (χ0v) is 7.48. The Hall–Kier alpha value is -1.28. The van der Waals surface area contributed by atoms with Gasteiger partial charge < -0.3 is 5.73 Å². The number of fused-ring (bicyclic) bond motifs is 1. The van der Waals surface area contributed by atoms with Gasteiger partial charge >= 0.3 is 0 Å². The van der Waals surface area contributed by atoms with Crippen LogP contribution in [0.3, 0.4) is 0 Å². The molecular weight excluding hydrogens is 189 g/mol. The van der Waals surface area contributed by atoms with Gasteiger partial charge in [-0.2, -0.15) is 0 Å². The first kappa shape index (κ1) is 8.32. The molecule has 0 atom stereocenters. The lowest BCUT2D eigenvalue weighted by Gasteiger charge is -2.02. The Balaban J connectivity index is 2.92. The molecule has 66 valence electrons. The summed E-state index contributed by atoms with van der Waals surface area (Å²) in [6, 6.07) is 7.82. The molecular formula is C10H7ClFN. The molecule has 2 rings (SSSR count). The fourth-order valence-electron chi connectivity index (χ4n) is 1.31. The maximum atomic E-state index is 13.2. The van der Waals surface area contributed by atoms with Gasteiger partial charge in [0.05, 0.1) is 0 Å². The normalized spacial score (nSPS) is 10.6. The van der Waals surface area contributed by atoms with Gasteiger partial charge in [0.2, 0.25) is 0 Å². The summed E-state index contributed by atoms with van der Waals surface area (Å²) in [4.78, 5) is 0. The number of rotatable bonds is 0. The molecule has 0 unspecified atom stereocenters. The predicted molar refractivity (Wildman–Crippen MR) is 53.3 cm³/mol. The Morgan fingerprint density at radius 1 is 1.08 bits per heavy atom. The molecule has 0 aromatic heterocycles. The first-order valence-corrected chi connectivity index (χ1v) is 4.19. The van der Waals surface area contributed by atoms with Crippen molar-refractivity contribution in [3.8, 4) is 0 Å². The molecule has 0 aliphatic rings. The van der Waals surface area contributed by atoms with E-state index in [1.54, 1.807) is 18.2 Å². The molecule has 0 bridgehead atoms. The lowest BCUT2D eigenvalue weighted by atomic mass is 10.1. The molecule has 1 nitrogen and oxygen atoms in total. The van der Waals surface area contributed by atoms with E-state index in [0.29, 0.717) is 21.5 Å². The molecule has 0 aliphatic carbocycles. The Morgan fingerprint density at radius 2 is 1.85 bits per heavy atom. The minimum Gasteiger partial charge on any atom is -0.398 e. The van der Waals surface area contributed by atoms with Crippen molar-refractivity contribution in [3.05, 3.63) is 41.2 Å². The van der Waals surface area contributed by atoms with Crippen LogP contribution >= 0.6 is 11.6 Å². The van der Waals surface area contributed by atoms with Crippen LogP contribution in [-0.2, 0) is 0 Å². The Morgan fingerprint density at radius 3 is 2.62 bits per heavy atom. The summed E-state index contributed by atoms with van der Waals surface area (Å²) in [7, 11) is 0. The maximum absolute atomic E-state index is 13.2. The molecule has 0 saturated heterocycles. The van der Waals surface area contributed by atoms with E-state index in [9.17, 15) is 4.39 Å². The van der Waals surface area contributed by atoms with Gasteiger partial charge in [0, 0.05) is 21.5 Å². The fourth-order valence-corrected chi connectivity index (χ4v) is 1.48. The van der Waals surface area contributed by atoms with Gasteiger partial charge in [-0.05, 0) is 30.3 Å². The van der Waals surface area contributed by atoms with E-state index in [1.807, 2.05) is 0 Å². The van der Waals surface area contributed by atoms with Gasteiger partial charge in [-0.25, -0.2) is 4.39 Å². The van der Waals surface area contributed by atoms with E-state index in [4.69, 9.17) is 17.3 Å². The number of nitrogen functional groups attached to an aromatic ring is 1. The van der Waals surface area contributed by atoms with E-state index in [-0.39, 0.29) is 5.82 Å².